The lowest BCUT2D eigenvalue weighted by Gasteiger charge is -1.96. The van der Waals surface area contributed by atoms with Crippen LogP contribution >= 0.6 is 23.1 Å². The van der Waals surface area contributed by atoms with E-state index in [1.165, 1.54) is 23.1 Å². The lowest BCUT2D eigenvalue weighted by atomic mass is 10.3. The van der Waals surface area contributed by atoms with E-state index in [0.717, 1.165) is 16.7 Å². The molecule has 18 heavy (non-hydrogen) atoms. The summed E-state index contributed by atoms with van der Waals surface area (Å²) in [6.45, 7) is 1.87. The number of aromatic nitrogens is 3. The minimum Gasteiger partial charge on any atom is -0.333 e. The summed E-state index contributed by atoms with van der Waals surface area (Å²) in [5.74, 6) is 0. The van der Waals surface area contributed by atoms with Gasteiger partial charge in [-0.15, -0.1) is 0 Å². The van der Waals surface area contributed by atoms with Gasteiger partial charge in [0, 0.05) is 11.1 Å². The van der Waals surface area contributed by atoms with Gasteiger partial charge in [-0.25, -0.2) is 9.97 Å². The molecule has 0 unspecified atom stereocenters. The van der Waals surface area contributed by atoms with E-state index < -0.39 is 0 Å². The van der Waals surface area contributed by atoms with Crippen LogP contribution in [0.1, 0.15) is 5.69 Å². The molecule has 0 atom stereocenters. The minimum atomic E-state index is -0.0361. The highest BCUT2D eigenvalue weighted by atomic mass is 32.2. The van der Waals surface area contributed by atoms with Crippen LogP contribution in [0.4, 0.5) is 0 Å². The first kappa shape index (κ1) is 11.4. The van der Waals surface area contributed by atoms with Crippen molar-refractivity contribution >= 4 is 34.1 Å². The van der Waals surface area contributed by atoms with Crippen LogP contribution in [0.3, 0.4) is 0 Å². The van der Waals surface area contributed by atoms with Gasteiger partial charge in [-0.3, -0.25) is 4.79 Å². The molecule has 2 heterocycles. The third kappa shape index (κ3) is 2.16. The molecule has 4 nitrogen and oxygen atoms in total. The van der Waals surface area contributed by atoms with Crippen molar-refractivity contribution < 1.29 is 0 Å². The zero-order valence-corrected chi connectivity index (χ0v) is 11.1. The van der Waals surface area contributed by atoms with Gasteiger partial charge >= 0.3 is 0 Å². The largest absolute Gasteiger partial charge is 0.333 e. The van der Waals surface area contributed by atoms with Crippen molar-refractivity contribution in [2.24, 2.45) is 0 Å². The van der Waals surface area contributed by atoms with Crippen LogP contribution in [0.15, 0.2) is 44.6 Å². The SMILES string of the molecule is Cc1csc(=O)c(Sc2nc3ccccc3[nH]2)n1. The molecule has 0 saturated carbocycles. The van der Waals surface area contributed by atoms with Gasteiger partial charge in [-0.2, -0.15) is 0 Å². The molecule has 0 spiro atoms. The summed E-state index contributed by atoms with van der Waals surface area (Å²) < 4.78 is -0.0361. The van der Waals surface area contributed by atoms with Crippen molar-refractivity contribution in [1.82, 2.24) is 15.0 Å². The lowest BCUT2D eigenvalue weighted by molar-refractivity contribution is 1.03. The maximum atomic E-state index is 11.7. The number of aromatic amines is 1. The van der Waals surface area contributed by atoms with Crippen molar-refractivity contribution in [2.75, 3.05) is 0 Å². The average molecular weight is 275 g/mol. The van der Waals surface area contributed by atoms with Gasteiger partial charge in [0.2, 0.25) is 0 Å². The van der Waals surface area contributed by atoms with Crippen LogP contribution in [0.2, 0.25) is 0 Å². The standard InChI is InChI=1S/C12H9N3OS2/c1-7-6-17-11(16)10(13-7)18-12-14-8-4-2-3-5-9(8)15-12/h2-6H,1H3,(H,14,15). The number of para-hydroxylation sites is 2. The van der Waals surface area contributed by atoms with Gasteiger partial charge in [0.15, 0.2) is 10.2 Å². The number of hydrogen-bond donors (Lipinski definition) is 1. The highest BCUT2D eigenvalue weighted by Crippen LogP contribution is 2.24. The molecular weight excluding hydrogens is 266 g/mol. The Morgan fingerprint density at radius 1 is 1.28 bits per heavy atom. The summed E-state index contributed by atoms with van der Waals surface area (Å²) in [4.78, 5) is 23.5. The predicted molar refractivity (Wildman–Crippen MR) is 73.3 cm³/mol. The molecule has 0 amide bonds. The van der Waals surface area contributed by atoms with Crippen molar-refractivity contribution in [3.8, 4) is 0 Å². The van der Waals surface area contributed by atoms with E-state index in [1.807, 2.05) is 31.2 Å². The van der Waals surface area contributed by atoms with E-state index in [1.54, 1.807) is 5.38 Å². The lowest BCUT2D eigenvalue weighted by Crippen LogP contribution is -2.01. The van der Waals surface area contributed by atoms with E-state index in [2.05, 4.69) is 15.0 Å². The van der Waals surface area contributed by atoms with Gasteiger partial charge in [0.1, 0.15) is 0 Å². The molecule has 0 radical (unpaired) electrons. The number of H-pyrrole nitrogens is 1. The molecule has 6 heteroatoms. The van der Waals surface area contributed by atoms with Gasteiger partial charge < -0.3 is 4.98 Å². The van der Waals surface area contributed by atoms with Crippen LogP contribution in [-0.2, 0) is 0 Å². The van der Waals surface area contributed by atoms with E-state index in [0.29, 0.717) is 10.2 Å². The smallest absolute Gasteiger partial charge is 0.265 e. The quantitative estimate of drug-likeness (QED) is 0.781. The molecule has 90 valence electrons. The maximum Gasteiger partial charge on any atom is 0.265 e. The Balaban J connectivity index is 2.01. The first-order valence-electron chi connectivity index (χ1n) is 5.31. The van der Waals surface area contributed by atoms with Crippen molar-refractivity contribution in [2.45, 2.75) is 17.1 Å². The number of aryl methyl sites for hydroxylation is 1. The number of benzene rings is 1. The van der Waals surface area contributed by atoms with Crippen LogP contribution in [0.5, 0.6) is 0 Å². The van der Waals surface area contributed by atoms with Crippen LogP contribution in [0, 0.1) is 6.92 Å². The molecule has 1 aromatic carbocycles. The average Bonchev–Trinajstić information content (AvgIpc) is 2.76. The Bertz CT molecular complexity index is 730. The zero-order chi connectivity index (χ0) is 12.5. The van der Waals surface area contributed by atoms with Crippen LogP contribution in [-0.4, -0.2) is 15.0 Å². The second-order valence-corrected chi connectivity index (χ2v) is 5.56. The third-order valence-electron chi connectivity index (χ3n) is 2.35. The molecule has 0 fully saturated rings. The second-order valence-electron chi connectivity index (χ2n) is 3.74. The molecule has 3 rings (SSSR count). The number of hydrogen-bond acceptors (Lipinski definition) is 5. The number of nitrogens with zero attached hydrogens (tertiary/aromatic N) is 2. The third-order valence-corrected chi connectivity index (χ3v) is 4.20. The number of imidazole rings is 1. The summed E-state index contributed by atoms with van der Waals surface area (Å²) in [6.07, 6.45) is 0. The van der Waals surface area contributed by atoms with Gasteiger partial charge in [0.05, 0.1) is 11.0 Å². The Hall–Kier alpha value is -1.66. The second kappa shape index (κ2) is 4.55. The summed E-state index contributed by atoms with van der Waals surface area (Å²) in [7, 11) is 0. The Morgan fingerprint density at radius 2 is 2.11 bits per heavy atom. The molecular formula is C12H9N3OS2. The minimum absolute atomic E-state index is 0.0361. The summed E-state index contributed by atoms with van der Waals surface area (Å²) in [5.41, 5.74) is 2.70. The van der Waals surface area contributed by atoms with E-state index in [9.17, 15) is 4.79 Å². The fourth-order valence-electron chi connectivity index (χ4n) is 1.56. The van der Waals surface area contributed by atoms with E-state index in [4.69, 9.17) is 0 Å². The molecule has 0 saturated heterocycles. The molecule has 0 aliphatic carbocycles. The summed E-state index contributed by atoms with van der Waals surface area (Å²) in [6, 6.07) is 7.77. The summed E-state index contributed by atoms with van der Waals surface area (Å²) in [5, 5.41) is 2.92. The zero-order valence-electron chi connectivity index (χ0n) is 9.51. The highest BCUT2D eigenvalue weighted by molar-refractivity contribution is 7.99. The van der Waals surface area contributed by atoms with Crippen molar-refractivity contribution in [3.05, 3.63) is 44.9 Å². The molecule has 0 aliphatic heterocycles. The van der Waals surface area contributed by atoms with Gasteiger partial charge in [-0.05, 0) is 30.8 Å². The molecule has 1 N–H and O–H groups in total. The monoisotopic (exact) mass is 275 g/mol. The number of rotatable bonds is 2. The van der Waals surface area contributed by atoms with Crippen molar-refractivity contribution in [3.63, 3.8) is 0 Å². The number of fused-ring (bicyclic) bond motifs is 1. The normalized spacial score (nSPS) is 10.9. The van der Waals surface area contributed by atoms with Gasteiger partial charge in [0.25, 0.3) is 4.74 Å². The Labute approximate surface area is 111 Å². The predicted octanol–water partition coefficient (Wildman–Crippen LogP) is 2.84. The van der Waals surface area contributed by atoms with Crippen LogP contribution in [0.25, 0.3) is 11.0 Å². The van der Waals surface area contributed by atoms with Crippen LogP contribution < -0.4 is 4.74 Å². The molecule has 2 aromatic heterocycles. The Morgan fingerprint density at radius 3 is 2.94 bits per heavy atom. The number of nitrogens with one attached hydrogen (secondary N) is 1. The molecule has 0 aliphatic rings. The maximum absolute atomic E-state index is 11.7. The molecule has 3 aromatic rings. The fraction of sp³-hybridized carbons (Fsp3) is 0.0833. The first-order chi connectivity index (χ1) is 8.72. The molecule has 0 bridgehead atoms. The Kier molecular flexibility index (Phi) is 2.89. The van der Waals surface area contributed by atoms with Gasteiger partial charge in [-0.1, -0.05) is 23.5 Å². The first-order valence-corrected chi connectivity index (χ1v) is 7.01. The topological polar surface area (TPSA) is 58.6 Å². The summed E-state index contributed by atoms with van der Waals surface area (Å²) >= 11 is 2.44. The van der Waals surface area contributed by atoms with Crippen molar-refractivity contribution in [1.29, 1.82) is 0 Å². The van der Waals surface area contributed by atoms with E-state index >= 15 is 0 Å². The van der Waals surface area contributed by atoms with E-state index in [-0.39, 0.29) is 4.74 Å². The fourth-order valence-corrected chi connectivity index (χ4v) is 3.06. The highest BCUT2D eigenvalue weighted by Gasteiger charge is 2.08.